The van der Waals surface area contributed by atoms with Crippen LogP contribution in [-0.4, -0.2) is 47.3 Å². The van der Waals surface area contributed by atoms with Crippen LogP contribution < -0.4 is 5.32 Å². The van der Waals surface area contributed by atoms with Crippen LogP contribution >= 0.6 is 0 Å². The molecule has 0 aliphatic carbocycles. The fourth-order valence-electron chi connectivity index (χ4n) is 2.33. The number of nitrogens with zero attached hydrogens (tertiary/aromatic N) is 1. The van der Waals surface area contributed by atoms with E-state index >= 15 is 0 Å². The molecule has 1 aromatic rings. The van der Waals surface area contributed by atoms with E-state index in [1.165, 1.54) is 12.1 Å². The summed E-state index contributed by atoms with van der Waals surface area (Å²) < 4.78 is 13.4. The topological polar surface area (TPSA) is 72.8 Å². The minimum absolute atomic E-state index is 0.352. The van der Waals surface area contributed by atoms with E-state index in [0.29, 0.717) is 25.2 Å². The van der Waals surface area contributed by atoms with Crippen LogP contribution in [0.5, 0.6) is 5.75 Å². The van der Waals surface area contributed by atoms with E-state index < -0.39 is 23.6 Å². The predicted molar refractivity (Wildman–Crippen MR) is 67.5 cm³/mol. The van der Waals surface area contributed by atoms with Crippen molar-refractivity contribution in [1.82, 2.24) is 10.2 Å². The smallest absolute Gasteiger partial charge is 0.325 e. The van der Waals surface area contributed by atoms with Crippen molar-refractivity contribution in [3.8, 4) is 5.75 Å². The summed E-state index contributed by atoms with van der Waals surface area (Å²) in [5.41, 5.74) is 0.352. The van der Waals surface area contributed by atoms with Crippen LogP contribution in [0.25, 0.3) is 0 Å². The largest absolute Gasteiger partial charge is 0.505 e. The molecular weight excluding hydrogens is 251 g/mol. The number of carboxylic acid groups (broad SMARTS) is 1. The molecule has 19 heavy (non-hydrogen) atoms. The number of hydrogen-bond acceptors (Lipinski definition) is 4. The van der Waals surface area contributed by atoms with Gasteiger partial charge in [-0.05, 0) is 30.7 Å². The summed E-state index contributed by atoms with van der Waals surface area (Å²) in [6, 6.07) is 2.86. The first kappa shape index (κ1) is 13.8. The van der Waals surface area contributed by atoms with Crippen LogP contribution in [0, 0.1) is 5.82 Å². The summed E-state index contributed by atoms with van der Waals surface area (Å²) in [7, 11) is 0. The van der Waals surface area contributed by atoms with Crippen molar-refractivity contribution in [2.24, 2.45) is 0 Å². The Morgan fingerprint density at radius 1 is 1.37 bits per heavy atom. The number of phenolic OH excluding ortho intramolecular Hbond substituents is 1. The Labute approximate surface area is 110 Å². The number of hydrogen-bond donors (Lipinski definition) is 3. The first-order valence-electron chi connectivity index (χ1n) is 6.25. The van der Waals surface area contributed by atoms with Gasteiger partial charge < -0.3 is 15.5 Å². The molecule has 0 aromatic heterocycles. The molecule has 0 saturated carbocycles. The van der Waals surface area contributed by atoms with Crippen LogP contribution in [0.2, 0.25) is 0 Å². The molecule has 5 nitrogen and oxygen atoms in total. The molecule has 1 heterocycles. The van der Waals surface area contributed by atoms with Gasteiger partial charge in [-0.25, -0.2) is 4.39 Å². The highest BCUT2D eigenvalue weighted by Gasteiger charge is 2.28. The zero-order valence-electron chi connectivity index (χ0n) is 10.5. The Hall–Kier alpha value is -1.66. The van der Waals surface area contributed by atoms with Crippen molar-refractivity contribution in [2.45, 2.75) is 12.5 Å². The van der Waals surface area contributed by atoms with E-state index in [2.05, 4.69) is 5.32 Å². The number of nitrogens with one attached hydrogen (secondary N) is 1. The standard InChI is InChI=1S/C13H17FN2O3/c14-10-8-9(2-3-11(10)17)12(13(18)19)16-6-1-4-15-5-7-16/h2-3,8,12,15,17H,1,4-7H2,(H,18,19). The number of aromatic hydroxyl groups is 1. The number of halogens is 1. The van der Waals surface area contributed by atoms with Crippen molar-refractivity contribution < 1.29 is 19.4 Å². The second-order valence-electron chi connectivity index (χ2n) is 4.59. The number of carboxylic acids is 1. The summed E-state index contributed by atoms with van der Waals surface area (Å²) in [5, 5.41) is 21.8. The molecule has 0 amide bonds. The normalized spacial score (nSPS) is 18.8. The molecule has 104 valence electrons. The molecule has 1 fully saturated rings. The maximum atomic E-state index is 13.4. The van der Waals surface area contributed by atoms with Gasteiger partial charge in [-0.2, -0.15) is 0 Å². The fourth-order valence-corrected chi connectivity index (χ4v) is 2.33. The maximum Gasteiger partial charge on any atom is 0.325 e. The third-order valence-electron chi connectivity index (χ3n) is 3.26. The van der Waals surface area contributed by atoms with Crippen molar-refractivity contribution in [2.75, 3.05) is 26.2 Å². The molecule has 1 unspecified atom stereocenters. The van der Waals surface area contributed by atoms with Crippen LogP contribution in [0.3, 0.4) is 0 Å². The van der Waals surface area contributed by atoms with Gasteiger partial charge in [0.05, 0.1) is 0 Å². The molecule has 1 aromatic carbocycles. The number of carbonyl (C=O) groups is 1. The lowest BCUT2D eigenvalue weighted by atomic mass is 10.0. The fraction of sp³-hybridized carbons (Fsp3) is 0.462. The van der Waals surface area contributed by atoms with Gasteiger partial charge in [0.1, 0.15) is 6.04 Å². The van der Waals surface area contributed by atoms with Gasteiger partial charge >= 0.3 is 5.97 Å². The van der Waals surface area contributed by atoms with Gasteiger partial charge in [-0.15, -0.1) is 0 Å². The molecule has 3 N–H and O–H groups in total. The molecule has 0 spiro atoms. The van der Waals surface area contributed by atoms with Gasteiger partial charge in [-0.3, -0.25) is 9.69 Å². The van der Waals surface area contributed by atoms with Gasteiger partial charge in [0.15, 0.2) is 11.6 Å². The summed E-state index contributed by atoms with van der Waals surface area (Å²) in [6.45, 7) is 2.81. The van der Waals surface area contributed by atoms with Crippen molar-refractivity contribution in [1.29, 1.82) is 0 Å². The second kappa shape index (κ2) is 5.99. The minimum Gasteiger partial charge on any atom is -0.505 e. The average molecular weight is 268 g/mol. The maximum absolute atomic E-state index is 13.4. The lowest BCUT2D eigenvalue weighted by Gasteiger charge is -2.27. The van der Waals surface area contributed by atoms with Gasteiger partial charge in [0.2, 0.25) is 0 Å². The monoisotopic (exact) mass is 268 g/mol. The molecular formula is C13H17FN2O3. The Kier molecular flexibility index (Phi) is 4.34. The van der Waals surface area contributed by atoms with Crippen LogP contribution in [0.4, 0.5) is 4.39 Å². The molecule has 6 heteroatoms. The lowest BCUT2D eigenvalue weighted by molar-refractivity contribution is -0.143. The highest BCUT2D eigenvalue weighted by molar-refractivity contribution is 5.75. The molecule has 1 aliphatic rings. The zero-order chi connectivity index (χ0) is 13.8. The van der Waals surface area contributed by atoms with E-state index in [9.17, 15) is 19.4 Å². The quantitative estimate of drug-likeness (QED) is 0.761. The van der Waals surface area contributed by atoms with E-state index in [0.717, 1.165) is 19.0 Å². The zero-order valence-corrected chi connectivity index (χ0v) is 10.5. The lowest BCUT2D eigenvalue weighted by Crippen LogP contribution is -2.36. The average Bonchev–Trinajstić information content (AvgIpc) is 2.62. The third-order valence-corrected chi connectivity index (χ3v) is 3.26. The first-order valence-corrected chi connectivity index (χ1v) is 6.25. The molecule has 0 radical (unpaired) electrons. The van der Waals surface area contributed by atoms with E-state index in [-0.39, 0.29) is 0 Å². The number of aliphatic carboxylic acids is 1. The number of benzene rings is 1. The number of phenols is 1. The summed E-state index contributed by atoms with van der Waals surface area (Å²) >= 11 is 0. The molecule has 1 atom stereocenters. The summed E-state index contributed by atoms with van der Waals surface area (Å²) in [5.74, 6) is -2.27. The highest BCUT2D eigenvalue weighted by Crippen LogP contribution is 2.25. The van der Waals surface area contributed by atoms with E-state index in [1.807, 2.05) is 4.90 Å². The van der Waals surface area contributed by atoms with Gasteiger partial charge in [-0.1, -0.05) is 6.07 Å². The number of rotatable bonds is 3. The minimum atomic E-state index is -1.01. The van der Waals surface area contributed by atoms with Gasteiger partial charge in [0, 0.05) is 19.6 Å². The summed E-state index contributed by atoms with van der Waals surface area (Å²) in [4.78, 5) is 13.3. The molecule has 0 bridgehead atoms. The highest BCUT2D eigenvalue weighted by atomic mass is 19.1. The van der Waals surface area contributed by atoms with Crippen LogP contribution in [0.1, 0.15) is 18.0 Å². The Balaban J connectivity index is 2.27. The second-order valence-corrected chi connectivity index (χ2v) is 4.59. The Morgan fingerprint density at radius 2 is 2.16 bits per heavy atom. The van der Waals surface area contributed by atoms with E-state index in [1.54, 1.807) is 0 Å². The van der Waals surface area contributed by atoms with Gasteiger partial charge in [0.25, 0.3) is 0 Å². The predicted octanol–water partition coefficient (Wildman–Crippen LogP) is 0.952. The van der Waals surface area contributed by atoms with Crippen LogP contribution in [0.15, 0.2) is 18.2 Å². The SMILES string of the molecule is O=C(O)C(c1ccc(O)c(F)c1)N1CCCNCC1. The molecule has 1 aliphatic heterocycles. The third kappa shape index (κ3) is 3.21. The Bertz CT molecular complexity index is 459. The van der Waals surface area contributed by atoms with Crippen molar-refractivity contribution in [3.63, 3.8) is 0 Å². The molecule has 1 saturated heterocycles. The van der Waals surface area contributed by atoms with Crippen molar-refractivity contribution in [3.05, 3.63) is 29.6 Å². The summed E-state index contributed by atoms with van der Waals surface area (Å²) in [6.07, 6.45) is 0.852. The Morgan fingerprint density at radius 3 is 2.84 bits per heavy atom. The first-order chi connectivity index (χ1) is 9.09. The van der Waals surface area contributed by atoms with Crippen molar-refractivity contribution >= 4 is 5.97 Å². The van der Waals surface area contributed by atoms with E-state index in [4.69, 9.17) is 0 Å². The molecule has 2 rings (SSSR count). The van der Waals surface area contributed by atoms with Crippen LogP contribution in [-0.2, 0) is 4.79 Å².